The van der Waals surface area contributed by atoms with Crippen molar-refractivity contribution in [3.05, 3.63) is 59.1 Å². The minimum absolute atomic E-state index is 0.240. The predicted molar refractivity (Wildman–Crippen MR) is 105 cm³/mol. The second kappa shape index (κ2) is 9.49. The van der Waals surface area contributed by atoms with Gasteiger partial charge in [-0.1, -0.05) is 49.6 Å². The molecule has 6 heteroatoms. The predicted octanol–water partition coefficient (Wildman–Crippen LogP) is 4.56. The molecular weight excluding hydrogens is 356 g/mol. The largest absolute Gasteiger partial charge is 0.340 e. The number of unbranched alkanes of at least 4 members (excludes halogenated alkanes) is 1. The van der Waals surface area contributed by atoms with Crippen LogP contribution in [-0.4, -0.2) is 17.9 Å². The number of nitrogens with one attached hydrogen (secondary N) is 2. The summed E-state index contributed by atoms with van der Waals surface area (Å²) in [6.07, 6.45) is 2.32. The van der Waals surface area contributed by atoms with Gasteiger partial charge in [0.1, 0.15) is 6.04 Å². The van der Waals surface area contributed by atoms with Gasteiger partial charge in [-0.3, -0.25) is 9.59 Å². The lowest BCUT2D eigenvalue weighted by atomic mass is 10.1. The van der Waals surface area contributed by atoms with Gasteiger partial charge in [-0.25, -0.2) is 0 Å². The number of anilines is 1. The Balaban J connectivity index is 2.12. The Hall–Kier alpha value is -1.98. The average molecular weight is 377 g/mol. The summed E-state index contributed by atoms with van der Waals surface area (Å²) >= 11 is 10.2. The maximum absolute atomic E-state index is 12.6. The molecule has 0 aliphatic rings. The van der Waals surface area contributed by atoms with Crippen LogP contribution in [0.5, 0.6) is 0 Å². The van der Waals surface area contributed by atoms with Crippen molar-refractivity contribution in [2.24, 2.45) is 0 Å². The first kappa shape index (κ1) is 19.3. The number of hydrogen-bond donors (Lipinski definition) is 3. The molecule has 2 amide bonds. The smallest absolute Gasteiger partial charge is 0.253 e. The normalized spacial score (nSPS) is 11.6. The zero-order valence-electron chi connectivity index (χ0n) is 14.0. The molecule has 0 aliphatic carbocycles. The van der Waals surface area contributed by atoms with Gasteiger partial charge in [0, 0.05) is 15.6 Å². The SMILES string of the molecule is CCCCC(NC(=O)c1cc(Cl)ccc1S)C(=O)Nc1ccccc1. The van der Waals surface area contributed by atoms with Crippen molar-refractivity contribution in [3.8, 4) is 0 Å². The number of amides is 2. The molecule has 0 spiro atoms. The molecule has 0 radical (unpaired) electrons. The number of hydrogen-bond acceptors (Lipinski definition) is 3. The van der Waals surface area contributed by atoms with Crippen molar-refractivity contribution in [2.45, 2.75) is 37.1 Å². The third-order valence-corrected chi connectivity index (χ3v) is 4.34. The molecule has 0 saturated heterocycles. The molecule has 0 bridgehead atoms. The fourth-order valence-corrected chi connectivity index (χ4v) is 2.77. The summed E-state index contributed by atoms with van der Waals surface area (Å²) in [7, 11) is 0. The molecule has 2 aromatic carbocycles. The molecule has 0 fully saturated rings. The zero-order chi connectivity index (χ0) is 18.2. The van der Waals surface area contributed by atoms with E-state index in [4.69, 9.17) is 11.6 Å². The summed E-state index contributed by atoms with van der Waals surface area (Å²) in [6, 6.07) is 13.4. The molecule has 0 saturated carbocycles. The molecule has 0 aliphatic heterocycles. The van der Waals surface area contributed by atoms with Crippen molar-refractivity contribution in [1.29, 1.82) is 0 Å². The highest BCUT2D eigenvalue weighted by atomic mass is 35.5. The van der Waals surface area contributed by atoms with Gasteiger partial charge in [-0.05, 0) is 36.8 Å². The Morgan fingerprint density at radius 3 is 2.56 bits per heavy atom. The Morgan fingerprint density at radius 2 is 1.88 bits per heavy atom. The number of halogens is 1. The maximum atomic E-state index is 12.6. The summed E-state index contributed by atoms with van der Waals surface area (Å²) < 4.78 is 0. The monoisotopic (exact) mass is 376 g/mol. The number of thiol groups is 1. The van der Waals surface area contributed by atoms with Crippen LogP contribution in [0, 0.1) is 0 Å². The van der Waals surface area contributed by atoms with E-state index in [0.29, 0.717) is 27.6 Å². The summed E-state index contributed by atoms with van der Waals surface area (Å²) in [6.45, 7) is 2.04. The molecule has 1 unspecified atom stereocenters. The second-order valence-corrected chi connectivity index (χ2v) is 6.60. The quantitative estimate of drug-likeness (QED) is 0.620. The summed E-state index contributed by atoms with van der Waals surface area (Å²) in [5.74, 6) is -0.604. The van der Waals surface area contributed by atoms with Crippen LogP contribution in [0.3, 0.4) is 0 Å². The van der Waals surface area contributed by atoms with Gasteiger partial charge in [-0.2, -0.15) is 0 Å². The standard InChI is InChI=1S/C19H21ClN2O2S/c1-2-3-9-16(19(24)21-14-7-5-4-6-8-14)22-18(23)15-12-13(20)10-11-17(15)25/h4-8,10-12,16,25H,2-3,9H2,1H3,(H,21,24)(H,22,23). The fraction of sp³-hybridized carbons (Fsp3) is 0.263. The topological polar surface area (TPSA) is 58.2 Å². The molecule has 132 valence electrons. The van der Waals surface area contributed by atoms with E-state index in [1.165, 1.54) is 0 Å². The Bertz CT molecular complexity index is 737. The van der Waals surface area contributed by atoms with Gasteiger partial charge in [0.05, 0.1) is 5.56 Å². The number of carbonyl (C=O) groups excluding carboxylic acids is 2. The third kappa shape index (κ3) is 5.80. The number of para-hydroxylation sites is 1. The summed E-state index contributed by atoms with van der Waals surface area (Å²) in [5.41, 5.74) is 1.05. The molecule has 25 heavy (non-hydrogen) atoms. The third-order valence-electron chi connectivity index (χ3n) is 3.71. The van der Waals surface area contributed by atoms with E-state index in [2.05, 4.69) is 23.3 Å². The van der Waals surface area contributed by atoms with Crippen LogP contribution < -0.4 is 10.6 Å². The van der Waals surface area contributed by atoms with E-state index in [9.17, 15) is 9.59 Å². The lowest BCUT2D eigenvalue weighted by Gasteiger charge is -2.19. The summed E-state index contributed by atoms with van der Waals surface area (Å²) in [5, 5.41) is 6.08. The van der Waals surface area contributed by atoms with Gasteiger partial charge >= 0.3 is 0 Å². The number of benzene rings is 2. The van der Waals surface area contributed by atoms with Crippen LogP contribution in [0.25, 0.3) is 0 Å². The van der Waals surface area contributed by atoms with E-state index < -0.39 is 6.04 Å². The van der Waals surface area contributed by atoms with Crippen molar-refractivity contribution in [2.75, 3.05) is 5.32 Å². The first-order chi connectivity index (χ1) is 12.0. The zero-order valence-corrected chi connectivity index (χ0v) is 15.6. The van der Waals surface area contributed by atoms with Crippen molar-refractivity contribution >= 4 is 41.7 Å². The molecule has 2 N–H and O–H groups in total. The van der Waals surface area contributed by atoms with Crippen molar-refractivity contribution in [1.82, 2.24) is 5.32 Å². The van der Waals surface area contributed by atoms with Gasteiger partial charge in [0.25, 0.3) is 5.91 Å². The first-order valence-corrected chi connectivity index (χ1v) is 8.99. The Morgan fingerprint density at radius 1 is 1.16 bits per heavy atom. The molecule has 2 rings (SSSR count). The fourth-order valence-electron chi connectivity index (χ4n) is 2.35. The van der Waals surface area contributed by atoms with Crippen LogP contribution in [0.1, 0.15) is 36.5 Å². The maximum Gasteiger partial charge on any atom is 0.253 e. The minimum Gasteiger partial charge on any atom is -0.340 e. The Kier molecular flexibility index (Phi) is 7.34. The molecule has 1 atom stereocenters. The van der Waals surface area contributed by atoms with E-state index in [1.807, 2.05) is 25.1 Å². The first-order valence-electron chi connectivity index (χ1n) is 8.16. The van der Waals surface area contributed by atoms with E-state index in [-0.39, 0.29) is 11.8 Å². The molecular formula is C19H21ClN2O2S. The highest BCUT2D eigenvalue weighted by molar-refractivity contribution is 7.80. The van der Waals surface area contributed by atoms with E-state index in [0.717, 1.165) is 12.8 Å². The highest BCUT2D eigenvalue weighted by Gasteiger charge is 2.22. The van der Waals surface area contributed by atoms with Crippen molar-refractivity contribution < 1.29 is 9.59 Å². The molecule has 0 heterocycles. The van der Waals surface area contributed by atoms with Crippen LogP contribution in [-0.2, 0) is 4.79 Å². The van der Waals surface area contributed by atoms with Crippen LogP contribution in [0.15, 0.2) is 53.4 Å². The van der Waals surface area contributed by atoms with Gasteiger partial charge in [0.15, 0.2) is 0 Å². The average Bonchev–Trinajstić information content (AvgIpc) is 2.61. The molecule has 0 aromatic heterocycles. The lowest BCUT2D eigenvalue weighted by molar-refractivity contribution is -0.118. The van der Waals surface area contributed by atoms with Gasteiger partial charge in [-0.15, -0.1) is 12.6 Å². The minimum atomic E-state index is -0.626. The lowest BCUT2D eigenvalue weighted by Crippen LogP contribution is -2.43. The summed E-state index contributed by atoms with van der Waals surface area (Å²) in [4.78, 5) is 25.6. The molecule has 4 nitrogen and oxygen atoms in total. The number of rotatable bonds is 7. The van der Waals surface area contributed by atoms with E-state index >= 15 is 0 Å². The van der Waals surface area contributed by atoms with E-state index in [1.54, 1.807) is 30.3 Å². The van der Waals surface area contributed by atoms with Crippen LogP contribution >= 0.6 is 24.2 Å². The van der Waals surface area contributed by atoms with Gasteiger partial charge in [0.2, 0.25) is 5.91 Å². The number of carbonyl (C=O) groups is 2. The van der Waals surface area contributed by atoms with Gasteiger partial charge < -0.3 is 10.6 Å². The van der Waals surface area contributed by atoms with Crippen LogP contribution in [0.4, 0.5) is 5.69 Å². The second-order valence-electron chi connectivity index (χ2n) is 5.69. The van der Waals surface area contributed by atoms with Crippen molar-refractivity contribution in [3.63, 3.8) is 0 Å². The Labute approximate surface area is 158 Å². The molecule has 2 aromatic rings. The highest BCUT2D eigenvalue weighted by Crippen LogP contribution is 2.19. The van der Waals surface area contributed by atoms with Crippen LogP contribution in [0.2, 0.25) is 5.02 Å².